The first-order valence-corrected chi connectivity index (χ1v) is 11.3. The van der Waals surface area contributed by atoms with E-state index in [1.165, 1.54) is 14.2 Å². The second-order valence-electron chi connectivity index (χ2n) is 8.29. The van der Waals surface area contributed by atoms with Gasteiger partial charge in [0.25, 0.3) is 11.8 Å². The lowest BCUT2D eigenvalue weighted by Gasteiger charge is -2.26. The van der Waals surface area contributed by atoms with Gasteiger partial charge in [-0.05, 0) is 53.8 Å². The third-order valence-corrected chi connectivity index (χ3v) is 6.21. The second kappa shape index (κ2) is 11.6. The molecule has 0 fully saturated rings. The largest absolute Gasteiger partial charge is 0.481 e. The summed E-state index contributed by atoms with van der Waals surface area (Å²) in [4.78, 5) is 39.4. The molecule has 0 radical (unpaired) electrons. The van der Waals surface area contributed by atoms with Crippen LogP contribution in [0.1, 0.15) is 55.4 Å². The quantitative estimate of drug-likeness (QED) is 0.205. The number of nitrogens with zero attached hydrogens (tertiary/aromatic N) is 1. The van der Waals surface area contributed by atoms with Crippen LogP contribution >= 0.6 is 12.4 Å². The molecule has 8 heteroatoms. The van der Waals surface area contributed by atoms with Gasteiger partial charge in [-0.15, -0.1) is 12.4 Å². The van der Waals surface area contributed by atoms with E-state index in [0.717, 1.165) is 34.4 Å². The number of aryl methyl sites for hydroxylation is 2. The van der Waals surface area contributed by atoms with Gasteiger partial charge in [0.2, 0.25) is 5.90 Å². The highest BCUT2D eigenvalue weighted by Gasteiger charge is 2.41. The summed E-state index contributed by atoms with van der Waals surface area (Å²) in [5.41, 5.74) is 4.32. The van der Waals surface area contributed by atoms with Crippen molar-refractivity contribution in [3.63, 3.8) is 0 Å². The number of nitrogens with one attached hydrogen (secondary N) is 1. The Kier molecular flexibility index (Phi) is 8.61. The molecule has 0 spiro atoms. The SMILES string of the molecule is COC(=N)c1ccc(CCc2ccc(C(CC(=O)OC)N3C(=O)c4ccccc4C3=O)cc2)cc1.Cl. The van der Waals surface area contributed by atoms with Crippen LogP contribution in [-0.2, 0) is 27.1 Å². The van der Waals surface area contributed by atoms with Crippen molar-refractivity contribution in [2.45, 2.75) is 25.3 Å². The number of carbonyl (C=O) groups is 3. The van der Waals surface area contributed by atoms with Crippen LogP contribution in [0.25, 0.3) is 0 Å². The Bertz CT molecular complexity index is 1240. The highest BCUT2D eigenvalue weighted by atomic mass is 35.5. The van der Waals surface area contributed by atoms with Gasteiger partial charge in [-0.2, -0.15) is 0 Å². The fourth-order valence-electron chi connectivity index (χ4n) is 4.23. The maximum Gasteiger partial charge on any atom is 0.307 e. The van der Waals surface area contributed by atoms with Crippen molar-refractivity contribution in [1.29, 1.82) is 5.41 Å². The first-order valence-electron chi connectivity index (χ1n) is 11.3. The van der Waals surface area contributed by atoms with E-state index in [2.05, 4.69) is 0 Å². The topological polar surface area (TPSA) is 96.8 Å². The third kappa shape index (κ3) is 5.47. The Morgan fingerprint density at radius 3 is 1.78 bits per heavy atom. The number of fused-ring (bicyclic) bond motifs is 1. The van der Waals surface area contributed by atoms with E-state index in [0.29, 0.717) is 16.7 Å². The molecule has 0 saturated heterocycles. The predicted molar refractivity (Wildman–Crippen MR) is 138 cm³/mol. The number of amides is 2. The monoisotopic (exact) mass is 506 g/mol. The number of esters is 1. The lowest BCUT2D eigenvalue weighted by molar-refractivity contribution is -0.141. The van der Waals surface area contributed by atoms with Crippen molar-refractivity contribution < 1.29 is 23.9 Å². The summed E-state index contributed by atoms with van der Waals surface area (Å²) in [5.74, 6) is -1.19. The Hall–Kier alpha value is -3.97. The molecule has 3 aromatic rings. The molecule has 1 atom stereocenters. The van der Waals surface area contributed by atoms with Crippen LogP contribution < -0.4 is 0 Å². The van der Waals surface area contributed by atoms with Crippen molar-refractivity contribution in [2.75, 3.05) is 14.2 Å². The number of imide groups is 1. The molecule has 1 aliphatic heterocycles. The van der Waals surface area contributed by atoms with Gasteiger partial charge in [0.1, 0.15) is 0 Å². The maximum atomic E-state index is 13.0. The van der Waals surface area contributed by atoms with Gasteiger partial charge in [0.15, 0.2) is 0 Å². The van der Waals surface area contributed by atoms with Gasteiger partial charge < -0.3 is 9.47 Å². The minimum Gasteiger partial charge on any atom is -0.481 e. The Morgan fingerprint density at radius 2 is 1.31 bits per heavy atom. The lowest BCUT2D eigenvalue weighted by atomic mass is 9.98. The number of methoxy groups -OCH3 is 2. The van der Waals surface area contributed by atoms with Gasteiger partial charge >= 0.3 is 5.97 Å². The van der Waals surface area contributed by atoms with Crippen LogP contribution in [0.5, 0.6) is 0 Å². The van der Waals surface area contributed by atoms with Crippen LogP contribution in [0.2, 0.25) is 0 Å². The number of benzene rings is 3. The summed E-state index contributed by atoms with van der Waals surface area (Å²) < 4.78 is 9.79. The minimum absolute atomic E-state index is 0. The van der Waals surface area contributed by atoms with Crippen LogP contribution in [0.4, 0.5) is 0 Å². The van der Waals surface area contributed by atoms with E-state index in [4.69, 9.17) is 14.9 Å². The molecule has 0 bridgehead atoms. The van der Waals surface area contributed by atoms with E-state index < -0.39 is 23.8 Å². The van der Waals surface area contributed by atoms with Crippen molar-refractivity contribution in [3.05, 3.63) is 106 Å². The van der Waals surface area contributed by atoms with Crippen molar-refractivity contribution in [3.8, 4) is 0 Å². The Morgan fingerprint density at radius 1 is 0.806 bits per heavy atom. The molecule has 186 valence electrons. The van der Waals surface area contributed by atoms with E-state index >= 15 is 0 Å². The van der Waals surface area contributed by atoms with E-state index in [9.17, 15) is 14.4 Å². The van der Waals surface area contributed by atoms with Crippen molar-refractivity contribution in [2.24, 2.45) is 0 Å². The number of halogens is 1. The number of hydrogen-bond acceptors (Lipinski definition) is 6. The van der Waals surface area contributed by atoms with Gasteiger partial charge in [0, 0.05) is 5.56 Å². The Labute approximate surface area is 215 Å². The molecule has 1 aliphatic rings. The highest BCUT2D eigenvalue weighted by Crippen LogP contribution is 2.34. The molecule has 0 aliphatic carbocycles. The molecule has 7 nitrogen and oxygen atoms in total. The number of carbonyl (C=O) groups excluding carboxylic acids is 3. The second-order valence-corrected chi connectivity index (χ2v) is 8.29. The fraction of sp³-hybridized carbons (Fsp3) is 0.214. The van der Waals surface area contributed by atoms with E-state index in [1.54, 1.807) is 24.3 Å². The summed E-state index contributed by atoms with van der Waals surface area (Å²) in [6.45, 7) is 0. The lowest BCUT2D eigenvalue weighted by Crippen LogP contribution is -2.35. The number of rotatable bonds is 8. The molecule has 1 heterocycles. The number of hydrogen-bond donors (Lipinski definition) is 1. The number of ether oxygens (including phenoxy) is 2. The maximum absolute atomic E-state index is 13.0. The predicted octanol–water partition coefficient (Wildman–Crippen LogP) is 4.77. The summed E-state index contributed by atoms with van der Waals surface area (Å²) in [5, 5.41) is 7.72. The van der Waals surface area contributed by atoms with Gasteiger partial charge in [0.05, 0.1) is 37.8 Å². The smallest absolute Gasteiger partial charge is 0.307 e. The zero-order valence-electron chi connectivity index (χ0n) is 20.0. The molecule has 1 N–H and O–H groups in total. The first kappa shape index (κ1) is 26.6. The summed E-state index contributed by atoms with van der Waals surface area (Å²) in [6, 6.07) is 21.2. The van der Waals surface area contributed by atoms with E-state index in [-0.39, 0.29) is 24.7 Å². The first-order chi connectivity index (χ1) is 16.9. The molecule has 36 heavy (non-hydrogen) atoms. The van der Waals surface area contributed by atoms with Crippen molar-refractivity contribution >= 4 is 36.1 Å². The molecule has 2 amide bonds. The molecular weight excluding hydrogens is 480 g/mol. The van der Waals surface area contributed by atoms with Crippen molar-refractivity contribution in [1.82, 2.24) is 4.90 Å². The minimum atomic E-state index is -0.757. The standard InChI is InChI=1S/C28H26N2O5.ClH/c1-34-25(31)17-24(30-27(32)22-5-3-4-6-23(22)28(30)33)20-13-9-18(10-14-20)7-8-19-11-15-21(16-12-19)26(29)35-2;/h3-6,9-16,24,29H,7-8,17H2,1-2H3;1H. The van der Waals surface area contributed by atoms with E-state index in [1.807, 2.05) is 48.5 Å². The normalized spacial score (nSPS) is 13.0. The van der Waals surface area contributed by atoms with Crippen LogP contribution in [0, 0.1) is 5.41 Å². The third-order valence-electron chi connectivity index (χ3n) is 6.21. The van der Waals surface area contributed by atoms with Gasteiger partial charge in [-0.1, -0.05) is 48.5 Å². The van der Waals surface area contributed by atoms with Gasteiger partial charge in [-0.3, -0.25) is 24.7 Å². The highest BCUT2D eigenvalue weighted by molar-refractivity contribution is 6.21. The summed E-state index contributed by atoms with van der Waals surface area (Å²) >= 11 is 0. The molecule has 3 aromatic carbocycles. The average Bonchev–Trinajstić information content (AvgIpc) is 3.15. The summed E-state index contributed by atoms with van der Waals surface area (Å²) in [7, 11) is 2.76. The van der Waals surface area contributed by atoms with Crippen LogP contribution in [0.15, 0.2) is 72.8 Å². The zero-order chi connectivity index (χ0) is 24.9. The molecule has 0 saturated carbocycles. The van der Waals surface area contributed by atoms with Gasteiger partial charge in [-0.25, -0.2) is 0 Å². The zero-order valence-corrected chi connectivity index (χ0v) is 20.8. The molecule has 0 aromatic heterocycles. The average molecular weight is 507 g/mol. The van der Waals surface area contributed by atoms with Crippen LogP contribution in [-0.4, -0.2) is 42.8 Å². The summed E-state index contributed by atoms with van der Waals surface area (Å²) in [6.07, 6.45) is 1.48. The fourth-order valence-corrected chi connectivity index (χ4v) is 4.23. The molecule has 1 unspecified atom stereocenters. The molecule has 4 rings (SSSR count). The van der Waals surface area contributed by atoms with Crippen LogP contribution in [0.3, 0.4) is 0 Å². The Balaban J connectivity index is 0.00000361. The molecular formula is C28H27ClN2O5.